The number of rotatable bonds is 1. The number of aromatic nitrogens is 1. The molecule has 1 amide bonds. The van der Waals surface area contributed by atoms with E-state index in [0.717, 1.165) is 24.1 Å². The van der Waals surface area contributed by atoms with Gasteiger partial charge < -0.3 is 10.6 Å². The highest BCUT2D eigenvalue weighted by Crippen LogP contribution is 2.29. The molecule has 0 fully saturated rings. The molecule has 0 unspecified atom stereocenters. The molecule has 0 radical (unpaired) electrons. The summed E-state index contributed by atoms with van der Waals surface area (Å²) in [7, 11) is 0. The molecule has 2 aromatic rings. The van der Waals surface area contributed by atoms with Crippen LogP contribution in [-0.2, 0) is 6.42 Å². The number of carbonyl (C=O) groups excluding carboxylic acids is 1. The molecule has 1 aromatic heterocycles. The summed E-state index contributed by atoms with van der Waals surface area (Å²) >= 11 is 0. The number of amides is 1. The standard InChI is InChI=1S/C16H14N4O/c17-9-11-3-5-14(19-10-11)16(21)20-7-1-2-12-8-13(18)4-6-15(12)20/h3-6,8,10H,1-2,7,18H2. The van der Waals surface area contributed by atoms with Crippen molar-refractivity contribution >= 4 is 17.3 Å². The number of pyridine rings is 1. The topological polar surface area (TPSA) is 83.0 Å². The number of nitriles is 1. The molecule has 5 nitrogen and oxygen atoms in total. The first kappa shape index (κ1) is 13.1. The van der Waals surface area contributed by atoms with Gasteiger partial charge in [0.1, 0.15) is 11.8 Å². The lowest BCUT2D eigenvalue weighted by atomic mass is 10.0. The van der Waals surface area contributed by atoms with Gasteiger partial charge in [0, 0.05) is 24.1 Å². The van der Waals surface area contributed by atoms with Gasteiger partial charge in [0.25, 0.3) is 5.91 Å². The van der Waals surface area contributed by atoms with Crippen LogP contribution in [0.25, 0.3) is 0 Å². The molecule has 0 aliphatic carbocycles. The van der Waals surface area contributed by atoms with E-state index in [9.17, 15) is 4.79 Å². The lowest BCUT2D eigenvalue weighted by Crippen LogP contribution is -2.36. The van der Waals surface area contributed by atoms with E-state index in [2.05, 4.69) is 4.98 Å². The SMILES string of the molecule is N#Cc1ccc(C(=O)N2CCCc3cc(N)ccc32)nc1. The molecule has 0 bridgehead atoms. The van der Waals surface area contributed by atoms with Gasteiger partial charge in [-0.05, 0) is 48.7 Å². The van der Waals surface area contributed by atoms with Gasteiger partial charge in [-0.1, -0.05) is 0 Å². The second kappa shape index (κ2) is 5.25. The van der Waals surface area contributed by atoms with Crippen molar-refractivity contribution in [1.29, 1.82) is 5.26 Å². The van der Waals surface area contributed by atoms with Crippen LogP contribution >= 0.6 is 0 Å². The molecule has 21 heavy (non-hydrogen) atoms. The minimum Gasteiger partial charge on any atom is -0.399 e. The van der Waals surface area contributed by atoms with E-state index in [-0.39, 0.29) is 5.91 Å². The van der Waals surface area contributed by atoms with Gasteiger partial charge in [0.2, 0.25) is 0 Å². The van der Waals surface area contributed by atoms with Gasteiger partial charge in [0.05, 0.1) is 5.56 Å². The van der Waals surface area contributed by atoms with E-state index in [0.29, 0.717) is 23.5 Å². The maximum Gasteiger partial charge on any atom is 0.276 e. The second-order valence-electron chi connectivity index (χ2n) is 4.99. The molecular weight excluding hydrogens is 264 g/mol. The average Bonchev–Trinajstić information content (AvgIpc) is 2.53. The van der Waals surface area contributed by atoms with Crippen LogP contribution in [-0.4, -0.2) is 17.4 Å². The van der Waals surface area contributed by atoms with Crippen molar-refractivity contribution in [3.8, 4) is 6.07 Å². The largest absolute Gasteiger partial charge is 0.399 e. The fraction of sp³-hybridized carbons (Fsp3) is 0.188. The summed E-state index contributed by atoms with van der Waals surface area (Å²) in [6, 6.07) is 10.8. The Bertz CT molecular complexity index is 731. The van der Waals surface area contributed by atoms with Crippen molar-refractivity contribution in [3.05, 3.63) is 53.3 Å². The summed E-state index contributed by atoms with van der Waals surface area (Å²) in [6.07, 6.45) is 3.24. The van der Waals surface area contributed by atoms with Crippen LogP contribution in [0.5, 0.6) is 0 Å². The number of nitrogens with two attached hydrogens (primary N) is 1. The number of hydrogen-bond donors (Lipinski definition) is 1. The summed E-state index contributed by atoms with van der Waals surface area (Å²) in [6.45, 7) is 0.664. The maximum atomic E-state index is 12.6. The first-order valence-electron chi connectivity index (χ1n) is 6.75. The molecule has 1 aromatic carbocycles. The monoisotopic (exact) mass is 278 g/mol. The lowest BCUT2D eigenvalue weighted by molar-refractivity contribution is 0.0980. The van der Waals surface area contributed by atoms with Crippen LogP contribution in [0.3, 0.4) is 0 Å². The van der Waals surface area contributed by atoms with Crippen LogP contribution in [0.2, 0.25) is 0 Å². The van der Waals surface area contributed by atoms with Crippen molar-refractivity contribution in [2.45, 2.75) is 12.8 Å². The molecule has 0 saturated carbocycles. The third-order valence-electron chi connectivity index (χ3n) is 3.58. The van der Waals surface area contributed by atoms with Gasteiger partial charge in [-0.3, -0.25) is 4.79 Å². The molecular formula is C16H14N4O. The Hall–Kier alpha value is -2.87. The predicted octanol–water partition coefficient (Wildman–Crippen LogP) is 2.13. The number of aryl methyl sites for hydroxylation is 1. The van der Waals surface area contributed by atoms with Gasteiger partial charge >= 0.3 is 0 Å². The van der Waals surface area contributed by atoms with Gasteiger partial charge in [-0.15, -0.1) is 0 Å². The van der Waals surface area contributed by atoms with Gasteiger partial charge in [-0.25, -0.2) is 4.98 Å². The number of nitrogen functional groups attached to an aromatic ring is 1. The Balaban J connectivity index is 1.94. The second-order valence-corrected chi connectivity index (χ2v) is 4.99. The van der Waals surface area contributed by atoms with E-state index >= 15 is 0 Å². The zero-order valence-corrected chi connectivity index (χ0v) is 11.4. The summed E-state index contributed by atoms with van der Waals surface area (Å²) in [4.78, 5) is 18.4. The van der Waals surface area contributed by atoms with E-state index in [1.54, 1.807) is 23.1 Å². The molecule has 5 heteroatoms. The smallest absolute Gasteiger partial charge is 0.276 e. The van der Waals surface area contributed by atoms with E-state index in [1.165, 1.54) is 6.20 Å². The minimum atomic E-state index is -0.148. The number of fused-ring (bicyclic) bond motifs is 1. The van der Waals surface area contributed by atoms with Crippen molar-refractivity contribution in [2.24, 2.45) is 0 Å². The number of nitrogens with zero attached hydrogens (tertiary/aromatic N) is 3. The van der Waals surface area contributed by atoms with Crippen molar-refractivity contribution in [2.75, 3.05) is 17.2 Å². The highest BCUT2D eigenvalue weighted by Gasteiger charge is 2.24. The van der Waals surface area contributed by atoms with Gasteiger partial charge in [-0.2, -0.15) is 5.26 Å². The van der Waals surface area contributed by atoms with Crippen molar-refractivity contribution in [1.82, 2.24) is 4.98 Å². The summed E-state index contributed by atoms with van der Waals surface area (Å²) in [5, 5.41) is 8.77. The molecule has 2 heterocycles. The van der Waals surface area contributed by atoms with E-state index in [1.807, 2.05) is 18.2 Å². The third kappa shape index (κ3) is 2.43. The highest BCUT2D eigenvalue weighted by molar-refractivity contribution is 6.05. The number of benzene rings is 1. The Morgan fingerprint density at radius 1 is 1.33 bits per heavy atom. The van der Waals surface area contributed by atoms with Crippen LogP contribution in [0.1, 0.15) is 28.0 Å². The molecule has 0 atom stereocenters. The van der Waals surface area contributed by atoms with Crippen molar-refractivity contribution < 1.29 is 4.79 Å². The molecule has 1 aliphatic rings. The maximum absolute atomic E-state index is 12.6. The molecule has 0 saturated heterocycles. The van der Waals surface area contributed by atoms with Crippen molar-refractivity contribution in [3.63, 3.8) is 0 Å². The predicted molar refractivity (Wildman–Crippen MR) is 79.8 cm³/mol. The number of anilines is 2. The molecule has 0 spiro atoms. The van der Waals surface area contributed by atoms with E-state index < -0.39 is 0 Å². The summed E-state index contributed by atoms with van der Waals surface area (Å²) < 4.78 is 0. The average molecular weight is 278 g/mol. The van der Waals surface area contributed by atoms with Crippen LogP contribution in [0.4, 0.5) is 11.4 Å². The Morgan fingerprint density at radius 3 is 2.90 bits per heavy atom. The molecule has 3 rings (SSSR count). The molecule has 2 N–H and O–H groups in total. The highest BCUT2D eigenvalue weighted by atomic mass is 16.2. The van der Waals surface area contributed by atoms with Crippen LogP contribution < -0.4 is 10.6 Å². The molecule has 104 valence electrons. The van der Waals surface area contributed by atoms with Gasteiger partial charge in [0.15, 0.2) is 0 Å². The van der Waals surface area contributed by atoms with Crippen LogP contribution in [0, 0.1) is 11.3 Å². The Kier molecular flexibility index (Phi) is 3.28. The fourth-order valence-electron chi connectivity index (χ4n) is 2.55. The first-order chi connectivity index (χ1) is 10.2. The Labute approximate surface area is 122 Å². The first-order valence-corrected chi connectivity index (χ1v) is 6.75. The molecule has 1 aliphatic heterocycles. The number of carbonyl (C=O) groups is 1. The zero-order chi connectivity index (χ0) is 14.8. The van der Waals surface area contributed by atoms with Crippen LogP contribution in [0.15, 0.2) is 36.5 Å². The third-order valence-corrected chi connectivity index (χ3v) is 3.58. The summed E-state index contributed by atoms with van der Waals surface area (Å²) in [5.74, 6) is -0.148. The number of hydrogen-bond acceptors (Lipinski definition) is 4. The minimum absolute atomic E-state index is 0.148. The lowest BCUT2D eigenvalue weighted by Gasteiger charge is -2.29. The fourth-order valence-corrected chi connectivity index (χ4v) is 2.55. The van der Waals surface area contributed by atoms with E-state index in [4.69, 9.17) is 11.0 Å². The summed E-state index contributed by atoms with van der Waals surface area (Å²) in [5.41, 5.74) is 9.28. The zero-order valence-electron chi connectivity index (χ0n) is 11.4. The Morgan fingerprint density at radius 2 is 2.19 bits per heavy atom. The quantitative estimate of drug-likeness (QED) is 0.810. The normalized spacial score (nSPS) is 13.4.